The van der Waals surface area contributed by atoms with Crippen molar-refractivity contribution in [2.45, 2.75) is 18.6 Å². The average molecular weight is 269 g/mol. The second-order valence-corrected chi connectivity index (χ2v) is 4.56. The molecule has 0 saturated carbocycles. The second-order valence-electron chi connectivity index (χ2n) is 4.56. The third kappa shape index (κ3) is 3.12. The molecule has 1 atom stereocenters. The van der Waals surface area contributed by atoms with Crippen molar-refractivity contribution in [1.29, 1.82) is 0 Å². The van der Waals surface area contributed by atoms with Gasteiger partial charge in [0.25, 0.3) is 5.91 Å². The van der Waals surface area contributed by atoms with Gasteiger partial charge in [0, 0.05) is 32.7 Å². The van der Waals surface area contributed by atoms with E-state index in [4.69, 9.17) is 10.8 Å². The highest BCUT2D eigenvalue weighted by atomic mass is 19.4. The summed E-state index contributed by atoms with van der Waals surface area (Å²) < 4.78 is 37.9. The molecular formula is C10H18F3N3O2. The van der Waals surface area contributed by atoms with Crippen molar-refractivity contribution < 1.29 is 23.1 Å². The third-order valence-electron chi connectivity index (χ3n) is 3.11. The van der Waals surface area contributed by atoms with Crippen molar-refractivity contribution in [2.24, 2.45) is 5.73 Å². The van der Waals surface area contributed by atoms with Crippen LogP contribution < -0.4 is 5.73 Å². The first-order valence-corrected chi connectivity index (χ1v) is 5.68. The van der Waals surface area contributed by atoms with Crippen LogP contribution in [0.5, 0.6) is 0 Å². The van der Waals surface area contributed by atoms with E-state index in [0.29, 0.717) is 26.6 Å². The zero-order valence-electron chi connectivity index (χ0n) is 10.2. The van der Waals surface area contributed by atoms with Gasteiger partial charge in [-0.05, 0) is 6.92 Å². The normalized spacial score (nSPS) is 21.8. The maximum atomic E-state index is 12.6. The number of halogens is 3. The number of nitrogens with two attached hydrogens (primary N) is 1. The Labute approximate surface area is 103 Å². The van der Waals surface area contributed by atoms with E-state index >= 15 is 0 Å². The number of aliphatic hydroxyl groups excluding tert-OH is 1. The van der Waals surface area contributed by atoms with Gasteiger partial charge in [-0.15, -0.1) is 0 Å². The summed E-state index contributed by atoms with van der Waals surface area (Å²) in [4.78, 5) is 14.8. The fraction of sp³-hybridized carbons (Fsp3) is 0.900. The molecular weight excluding hydrogens is 251 g/mol. The van der Waals surface area contributed by atoms with E-state index in [1.165, 1.54) is 0 Å². The molecule has 0 spiro atoms. The van der Waals surface area contributed by atoms with Crippen LogP contribution in [0.25, 0.3) is 0 Å². The molecule has 0 aromatic rings. The standard InChI is InChI=1S/C10H18F3N3O2/c1-9(14,10(11,12)13)8(18)16-4-2-15(3-5-16)6-7-17/h17H,2-7,14H2,1H3. The summed E-state index contributed by atoms with van der Waals surface area (Å²) in [6.45, 7) is 2.42. The van der Waals surface area contributed by atoms with Gasteiger partial charge >= 0.3 is 6.18 Å². The van der Waals surface area contributed by atoms with Gasteiger partial charge in [0.15, 0.2) is 5.54 Å². The number of hydrogen-bond acceptors (Lipinski definition) is 4. The van der Waals surface area contributed by atoms with E-state index in [9.17, 15) is 18.0 Å². The summed E-state index contributed by atoms with van der Waals surface area (Å²) >= 11 is 0. The predicted molar refractivity (Wildman–Crippen MR) is 58.8 cm³/mol. The number of aliphatic hydroxyl groups is 1. The average Bonchev–Trinajstić information content (AvgIpc) is 2.28. The van der Waals surface area contributed by atoms with Gasteiger partial charge in [-0.2, -0.15) is 13.2 Å². The van der Waals surface area contributed by atoms with Crippen molar-refractivity contribution >= 4 is 5.91 Å². The summed E-state index contributed by atoms with van der Waals surface area (Å²) in [5.41, 5.74) is 2.25. The number of amides is 1. The van der Waals surface area contributed by atoms with Crippen molar-refractivity contribution in [2.75, 3.05) is 39.3 Å². The molecule has 1 heterocycles. The fourth-order valence-electron chi connectivity index (χ4n) is 1.77. The summed E-state index contributed by atoms with van der Waals surface area (Å²) in [6.07, 6.45) is -4.76. The van der Waals surface area contributed by atoms with Crippen molar-refractivity contribution in [3.8, 4) is 0 Å². The number of hydrogen-bond donors (Lipinski definition) is 2. The molecule has 1 rings (SSSR count). The van der Waals surface area contributed by atoms with Crippen LogP contribution in [0.15, 0.2) is 0 Å². The van der Waals surface area contributed by atoms with Gasteiger partial charge in [0.2, 0.25) is 0 Å². The predicted octanol–water partition coefficient (Wildman–Crippen LogP) is -0.597. The maximum absolute atomic E-state index is 12.6. The minimum Gasteiger partial charge on any atom is -0.395 e. The van der Waals surface area contributed by atoms with Gasteiger partial charge in [-0.3, -0.25) is 9.69 Å². The van der Waals surface area contributed by atoms with E-state index in [0.717, 1.165) is 4.90 Å². The van der Waals surface area contributed by atoms with Crippen LogP contribution >= 0.6 is 0 Å². The molecule has 18 heavy (non-hydrogen) atoms. The Morgan fingerprint density at radius 3 is 2.17 bits per heavy atom. The molecule has 3 N–H and O–H groups in total. The molecule has 1 fully saturated rings. The monoisotopic (exact) mass is 269 g/mol. The highest BCUT2D eigenvalue weighted by molar-refractivity contribution is 5.86. The van der Waals surface area contributed by atoms with Crippen LogP contribution in [0, 0.1) is 0 Å². The summed E-state index contributed by atoms with van der Waals surface area (Å²) in [6, 6.07) is 0. The Kier molecular flexibility index (Phi) is 4.57. The lowest BCUT2D eigenvalue weighted by molar-refractivity contribution is -0.194. The first-order chi connectivity index (χ1) is 8.20. The summed E-state index contributed by atoms with van der Waals surface area (Å²) in [5.74, 6) is -1.10. The highest BCUT2D eigenvalue weighted by Crippen LogP contribution is 2.29. The molecule has 1 amide bonds. The third-order valence-corrected chi connectivity index (χ3v) is 3.11. The van der Waals surface area contributed by atoms with Gasteiger partial charge < -0.3 is 15.7 Å². The van der Waals surface area contributed by atoms with Gasteiger partial charge in [-0.1, -0.05) is 0 Å². The number of alkyl halides is 3. The number of piperazine rings is 1. The number of β-amino-alcohol motifs (C(OH)–C–C–N with tert-alkyl or cyclic N) is 1. The minimum atomic E-state index is -4.76. The summed E-state index contributed by atoms with van der Waals surface area (Å²) in [5, 5.41) is 8.74. The Bertz CT molecular complexity index is 299. The van der Waals surface area contributed by atoms with Crippen molar-refractivity contribution in [3.63, 3.8) is 0 Å². The molecule has 8 heteroatoms. The molecule has 0 aliphatic carbocycles. The molecule has 5 nitrogen and oxygen atoms in total. The second kappa shape index (κ2) is 5.41. The lowest BCUT2D eigenvalue weighted by Crippen LogP contribution is -2.64. The zero-order valence-corrected chi connectivity index (χ0v) is 10.2. The van der Waals surface area contributed by atoms with Crippen LogP contribution in [0.1, 0.15) is 6.92 Å². The van der Waals surface area contributed by atoms with E-state index in [1.54, 1.807) is 0 Å². The van der Waals surface area contributed by atoms with Crippen LogP contribution in [0.3, 0.4) is 0 Å². The quantitative estimate of drug-likeness (QED) is 0.718. The van der Waals surface area contributed by atoms with Gasteiger partial charge in [0.05, 0.1) is 6.61 Å². The SMILES string of the molecule is CC(N)(C(=O)N1CCN(CCO)CC1)C(F)(F)F. The Morgan fingerprint density at radius 2 is 1.78 bits per heavy atom. The van der Waals surface area contributed by atoms with E-state index < -0.39 is 17.6 Å². The smallest absolute Gasteiger partial charge is 0.395 e. The molecule has 1 saturated heterocycles. The van der Waals surface area contributed by atoms with Gasteiger partial charge in [-0.25, -0.2) is 0 Å². The van der Waals surface area contributed by atoms with Crippen LogP contribution in [-0.2, 0) is 4.79 Å². The molecule has 0 aromatic heterocycles. The molecule has 0 radical (unpaired) electrons. The van der Waals surface area contributed by atoms with Crippen LogP contribution in [0.2, 0.25) is 0 Å². The largest absolute Gasteiger partial charge is 0.415 e. The zero-order chi connectivity index (χ0) is 14.0. The Balaban J connectivity index is 2.60. The number of carbonyl (C=O) groups is 1. The van der Waals surface area contributed by atoms with E-state index in [-0.39, 0.29) is 19.7 Å². The van der Waals surface area contributed by atoms with Crippen LogP contribution in [-0.4, -0.2) is 71.9 Å². The first kappa shape index (κ1) is 15.2. The molecule has 0 aromatic carbocycles. The number of nitrogens with zero attached hydrogens (tertiary/aromatic N) is 2. The topological polar surface area (TPSA) is 69.8 Å². The van der Waals surface area contributed by atoms with Crippen molar-refractivity contribution in [1.82, 2.24) is 9.80 Å². The Hall–Kier alpha value is -0.860. The lowest BCUT2D eigenvalue weighted by atomic mass is 10.0. The van der Waals surface area contributed by atoms with Crippen molar-refractivity contribution in [3.05, 3.63) is 0 Å². The number of carbonyl (C=O) groups excluding carboxylic acids is 1. The molecule has 1 unspecified atom stereocenters. The first-order valence-electron chi connectivity index (χ1n) is 5.68. The Morgan fingerprint density at radius 1 is 1.28 bits per heavy atom. The fourth-order valence-corrected chi connectivity index (χ4v) is 1.77. The van der Waals surface area contributed by atoms with Crippen LogP contribution in [0.4, 0.5) is 13.2 Å². The molecule has 106 valence electrons. The van der Waals surface area contributed by atoms with E-state index in [1.807, 2.05) is 4.90 Å². The molecule has 1 aliphatic rings. The maximum Gasteiger partial charge on any atom is 0.415 e. The summed E-state index contributed by atoms with van der Waals surface area (Å²) in [7, 11) is 0. The number of rotatable bonds is 3. The molecule has 1 aliphatic heterocycles. The molecule has 0 bridgehead atoms. The minimum absolute atomic E-state index is 0.00883. The highest BCUT2D eigenvalue weighted by Gasteiger charge is 2.55. The van der Waals surface area contributed by atoms with E-state index in [2.05, 4.69) is 0 Å². The lowest BCUT2D eigenvalue weighted by Gasteiger charge is -2.38. The van der Waals surface area contributed by atoms with Gasteiger partial charge in [0.1, 0.15) is 0 Å².